The van der Waals surface area contributed by atoms with Gasteiger partial charge in [0, 0.05) is 12.8 Å². The lowest BCUT2D eigenvalue weighted by Crippen LogP contribution is -2.36. The summed E-state index contributed by atoms with van der Waals surface area (Å²) in [7, 11) is 6.78. The third-order valence-electron chi connectivity index (χ3n) is 1.64. The lowest BCUT2D eigenvalue weighted by Gasteiger charge is -2.22. The van der Waals surface area contributed by atoms with Gasteiger partial charge in [-0.2, -0.15) is 0 Å². The third kappa shape index (κ3) is 1.97. The zero-order valence-corrected chi connectivity index (χ0v) is 5.44. The number of hydrogen-bond acceptors (Lipinski definition) is 0. The van der Waals surface area contributed by atoms with E-state index in [9.17, 15) is 0 Å². The van der Waals surface area contributed by atoms with Crippen LogP contribution < -0.4 is 0 Å². The molecule has 1 nitrogen and oxygen atoms in total. The highest BCUT2D eigenvalue weighted by Crippen LogP contribution is 2.28. The zero-order chi connectivity index (χ0) is 5.49. The molecule has 0 radical (unpaired) electrons. The van der Waals surface area contributed by atoms with Crippen LogP contribution in [-0.2, 0) is 0 Å². The van der Waals surface area contributed by atoms with Crippen LogP contribution in [0.15, 0.2) is 0 Å². The quantitative estimate of drug-likeness (QED) is 0.330. The summed E-state index contributed by atoms with van der Waals surface area (Å²) in [6, 6.07) is 0.986. The largest absolute Gasteiger partial charge is 0.328 e. The maximum atomic E-state index is 2.26. The van der Waals surface area contributed by atoms with Gasteiger partial charge in [0.2, 0.25) is 0 Å². The molecule has 0 spiro atoms. The summed E-state index contributed by atoms with van der Waals surface area (Å²) in [6.07, 6.45) is 2.90. The van der Waals surface area contributed by atoms with Crippen molar-refractivity contribution in [2.24, 2.45) is 0 Å². The van der Waals surface area contributed by atoms with Crippen molar-refractivity contribution in [1.82, 2.24) is 0 Å². The molecule has 8 heavy (non-hydrogen) atoms. The Hall–Kier alpha value is 0.177. The second-order valence-corrected chi connectivity index (χ2v) is 3.35. The Balaban J connectivity index is 0.000000490. The van der Waals surface area contributed by atoms with Crippen molar-refractivity contribution >= 4 is 11.0 Å². The zero-order valence-electron chi connectivity index (χ0n) is 5.44. The Labute approximate surface area is 56.3 Å². The van der Waals surface area contributed by atoms with Crippen LogP contribution in [0, 0.1) is 0 Å². The Kier molecular flexibility index (Phi) is 2.24. The summed E-state index contributed by atoms with van der Waals surface area (Å²) in [5.41, 5.74) is 0. The molecule has 0 bridgehead atoms. The van der Waals surface area contributed by atoms with Crippen molar-refractivity contribution in [2.75, 3.05) is 21.1 Å². The maximum Gasteiger partial charge on any atom is 0.0888 e. The molecule has 50 valence electrons. The first kappa shape index (κ1) is 8.18. The van der Waals surface area contributed by atoms with Crippen molar-refractivity contribution in [3.8, 4) is 0 Å². The van der Waals surface area contributed by atoms with Crippen LogP contribution in [0.3, 0.4) is 0 Å². The molecule has 2 heteroatoms. The Morgan fingerprint density at radius 1 is 1.12 bits per heavy atom. The molecule has 1 rings (SSSR count). The summed E-state index contributed by atoms with van der Waals surface area (Å²) < 4.78 is 1.17. The first-order chi connectivity index (χ1) is 3.11. The van der Waals surface area contributed by atoms with Crippen molar-refractivity contribution in [3.05, 3.63) is 0 Å². The molecular weight excluding hydrogens is 114 g/mol. The van der Waals surface area contributed by atoms with Gasteiger partial charge in [-0.1, -0.05) is 0 Å². The van der Waals surface area contributed by atoms with Crippen LogP contribution in [0.5, 0.6) is 0 Å². The van der Waals surface area contributed by atoms with Crippen molar-refractivity contribution in [1.29, 1.82) is 0 Å². The Morgan fingerprint density at radius 2 is 1.50 bits per heavy atom. The monoisotopic (exact) mass is 132 g/mol. The van der Waals surface area contributed by atoms with E-state index in [1.54, 1.807) is 0 Å². The van der Waals surface area contributed by atoms with Gasteiger partial charge in [-0.25, -0.2) is 0 Å². The van der Waals surface area contributed by atoms with Crippen LogP contribution in [0.25, 0.3) is 0 Å². The van der Waals surface area contributed by atoms with Gasteiger partial charge in [-0.05, 0) is 11.0 Å². The van der Waals surface area contributed by atoms with E-state index < -0.39 is 0 Å². The molecule has 1 aliphatic carbocycles. The molecule has 0 aliphatic heterocycles. The predicted octanol–water partition coefficient (Wildman–Crippen LogP) is -0.597. The molecule has 0 aromatic carbocycles. The minimum atomic E-state index is 0. The van der Waals surface area contributed by atoms with Crippen LogP contribution in [0.2, 0.25) is 0 Å². The van der Waals surface area contributed by atoms with Crippen molar-refractivity contribution in [2.45, 2.75) is 18.9 Å². The van der Waals surface area contributed by atoms with E-state index in [2.05, 4.69) is 21.1 Å². The van der Waals surface area contributed by atoms with Crippen LogP contribution in [0.1, 0.15) is 12.8 Å². The average molecular weight is 132 g/mol. The van der Waals surface area contributed by atoms with E-state index in [0.29, 0.717) is 0 Å². The van der Waals surface area contributed by atoms with E-state index in [1.165, 1.54) is 17.3 Å². The standard InChI is InChI=1S/C6H14N.H4Si/c1-7(2,3)6-4-5-6;/h6H,4-5H2,1-3H3;1H4/q+1;. The fraction of sp³-hybridized carbons (Fsp3) is 1.00. The van der Waals surface area contributed by atoms with Gasteiger partial charge < -0.3 is 4.48 Å². The highest BCUT2D eigenvalue weighted by atomic mass is 28.1. The number of nitrogens with zero attached hydrogens (tertiary/aromatic N) is 1. The highest BCUT2D eigenvalue weighted by Gasteiger charge is 2.34. The van der Waals surface area contributed by atoms with Crippen molar-refractivity contribution < 1.29 is 4.48 Å². The summed E-state index contributed by atoms with van der Waals surface area (Å²) in [6.45, 7) is 0. The fourth-order valence-corrected chi connectivity index (χ4v) is 0.849. The second-order valence-electron chi connectivity index (χ2n) is 3.35. The van der Waals surface area contributed by atoms with Gasteiger partial charge >= 0.3 is 0 Å². The van der Waals surface area contributed by atoms with E-state index in [4.69, 9.17) is 0 Å². The summed E-state index contributed by atoms with van der Waals surface area (Å²) >= 11 is 0. The normalized spacial score (nSPS) is 19.9. The number of quaternary nitrogens is 1. The number of hydrogen-bond donors (Lipinski definition) is 0. The summed E-state index contributed by atoms with van der Waals surface area (Å²) in [5, 5.41) is 0. The lowest BCUT2D eigenvalue weighted by molar-refractivity contribution is -0.881. The molecule has 1 saturated carbocycles. The first-order valence-corrected chi connectivity index (χ1v) is 2.92. The Morgan fingerprint density at radius 3 is 1.50 bits per heavy atom. The molecule has 0 atom stereocenters. The fourth-order valence-electron chi connectivity index (χ4n) is 0.849. The van der Waals surface area contributed by atoms with Gasteiger partial charge in [0.1, 0.15) is 0 Å². The molecule has 0 aromatic rings. The van der Waals surface area contributed by atoms with Crippen LogP contribution >= 0.6 is 0 Å². The predicted molar refractivity (Wildman–Crippen MR) is 42.4 cm³/mol. The molecular formula is C6H18NSi+. The Bertz CT molecular complexity index is 71.1. The molecule has 0 amide bonds. The summed E-state index contributed by atoms with van der Waals surface area (Å²) in [5.74, 6) is 0. The van der Waals surface area contributed by atoms with E-state index in [0.717, 1.165) is 6.04 Å². The van der Waals surface area contributed by atoms with Gasteiger partial charge in [0.25, 0.3) is 0 Å². The minimum Gasteiger partial charge on any atom is -0.328 e. The van der Waals surface area contributed by atoms with E-state index in [-0.39, 0.29) is 11.0 Å². The maximum absolute atomic E-state index is 2.26. The lowest BCUT2D eigenvalue weighted by atomic mass is 10.5. The smallest absolute Gasteiger partial charge is 0.0888 e. The van der Waals surface area contributed by atoms with E-state index in [1.807, 2.05) is 0 Å². The molecule has 0 saturated heterocycles. The van der Waals surface area contributed by atoms with E-state index >= 15 is 0 Å². The SMILES string of the molecule is C[N+](C)(C)C1CC1.[SiH4]. The first-order valence-electron chi connectivity index (χ1n) is 2.92. The molecule has 0 unspecified atom stereocenters. The number of rotatable bonds is 1. The van der Waals surface area contributed by atoms with Gasteiger partial charge in [0.15, 0.2) is 0 Å². The molecule has 0 aromatic heterocycles. The topological polar surface area (TPSA) is 0 Å². The van der Waals surface area contributed by atoms with Gasteiger partial charge in [-0.15, -0.1) is 0 Å². The van der Waals surface area contributed by atoms with Gasteiger partial charge in [0.05, 0.1) is 27.2 Å². The molecule has 1 aliphatic rings. The van der Waals surface area contributed by atoms with Crippen LogP contribution in [-0.4, -0.2) is 42.6 Å². The molecule has 0 N–H and O–H groups in total. The minimum absolute atomic E-state index is 0. The summed E-state index contributed by atoms with van der Waals surface area (Å²) in [4.78, 5) is 0. The van der Waals surface area contributed by atoms with Crippen molar-refractivity contribution in [3.63, 3.8) is 0 Å². The second kappa shape index (κ2) is 2.19. The third-order valence-corrected chi connectivity index (χ3v) is 1.64. The molecule has 1 fully saturated rings. The van der Waals surface area contributed by atoms with Gasteiger partial charge in [-0.3, -0.25) is 0 Å². The van der Waals surface area contributed by atoms with Crippen LogP contribution in [0.4, 0.5) is 0 Å². The highest BCUT2D eigenvalue weighted by molar-refractivity contribution is 5.75. The average Bonchev–Trinajstić information content (AvgIpc) is 1.99. The molecule has 0 heterocycles.